The van der Waals surface area contributed by atoms with Gasteiger partial charge in [-0.05, 0) is 55.4 Å². The van der Waals surface area contributed by atoms with Crippen LogP contribution in [0.5, 0.6) is 0 Å². The van der Waals surface area contributed by atoms with Crippen LogP contribution >= 0.6 is 0 Å². The minimum absolute atomic E-state index is 0.632. The van der Waals surface area contributed by atoms with E-state index in [0.29, 0.717) is 5.70 Å². The van der Waals surface area contributed by atoms with Crippen molar-refractivity contribution >= 4 is 17.5 Å². The van der Waals surface area contributed by atoms with Crippen molar-refractivity contribution in [3.05, 3.63) is 144 Å². The number of rotatable bonds is 15. The molecule has 3 aromatic carbocycles. The lowest BCUT2D eigenvalue weighted by Crippen LogP contribution is -2.16. The normalized spacial score (nSPS) is 12.3. The minimum Gasteiger partial charge on any atom is -0.397 e. The van der Waals surface area contributed by atoms with Crippen molar-refractivity contribution in [3.63, 3.8) is 0 Å². The first kappa shape index (κ1) is 29.4. The van der Waals surface area contributed by atoms with E-state index in [4.69, 9.17) is 10.7 Å². The number of likely N-dealkylation sites (N-methyl/N-ethyl adjacent to an activating group) is 1. The van der Waals surface area contributed by atoms with Gasteiger partial charge < -0.3 is 10.6 Å². The number of aliphatic imine (C=N–C) groups is 1. The number of nitrogens with two attached hydrogens (primary N) is 1. The molecule has 2 N–H and O–H groups in total. The van der Waals surface area contributed by atoms with Gasteiger partial charge in [0.25, 0.3) is 0 Å². The molecular weight excluding hydrogens is 474 g/mol. The van der Waals surface area contributed by atoms with E-state index < -0.39 is 0 Å². The Labute approximate surface area is 235 Å². The zero-order chi connectivity index (χ0) is 27.9. The third-order valence-electron chi connectivity index (χ3n) is 6.66. The van der Waals surface area contributed by atoms with Crippen LogP contribution in [0.15, 0.2) is 127 Å². The van der Waals surface area contributed by atoms with E-state index in [1.807, 2.05) is 54.6 Å². The second-order valence-electron chi connectivity index (χ2n) is 10.0. The van der Waals surface area contributed by atoms with Gasteiger partial charge in [-0.15, -0.1) is 6.58 Å². The van der Waals surface area contributed by atoms with Crippen LogP contribution < -0.4 is 5.73 Å². The van der Waals surface area contributed by atoms with E-state index in [1.165, 1.54) is 36.8 Å². The molecule has 0 saturated heterocycles. The number of benzene rings is 3. The largest absolute Gasteiger partial charge is 0.397 e. The summed E-state index contributed by atoms with van der Waals surface area (Å²) in [5.41, 5.74) is 14.5. The smallest absolute Gasteiger partial charge is 0.0863 e. The van der Waals surface area contributed by atoms with Gasteiger partial charge >= 0.3 is 0 Å². The molecule has 0 aliphatic carbocycles. The number of hydrogen-bond acceptors (Lipinski definition) is 3. The molecule has 0 spiro atoms. The van der Waals surface area contributed by atoms with Crippen molar-refractivity contribution in [2.75, 3.05) is 7.05 Å². The first-order valence-corrected chi connectivity index (χ1v) is 13.9. The van der Waals surface area contributed by atoms with Crippen molar-refractivity contribution in [1.82, 2.24) is 4.90 Å². The van der Waals surface area contributed by atoms with Crippen LogP contribution in [0.3, 0.4) is 0 Å². The van der Waals surface area contributed by atoms with Gasteiger partial charge in [0, 0.05) is 30.9 Å². The quantitative estimate of drug-likeness (QED) is 0.0947. The fourth-order valence-corrected chi connectivity index (χ4v) is 4.45. The van der Waals surface area contributed by atoms with E-state index in [1.54, 1.807) is 0 Å². The van der Waals surface area contributed by atoms with Crippen LogP contribution in [0.1, 0.15) is 61.3 Å². The summed E-state index contributed by atoms with van der Waals surface area (Å²) < 4.78 is 0. The topological polar surface area (TPSA) is 41.6 Å². The van der Waals surface area contributed by atoms with E-state index in [-0.39, 0.29) is 0 Å². The number of aryl methyl sites for hydroxylation is 1. The van der Waals surface area contributed by atoms with E-state index in [2.05, 4.69) is 80.7 Å². The Kier molecular flexibility index (Phi) is 12.1. The zero-order valence-corrected chi connectivity index (χ0v) is 23.7. The second kappa shape index (κ2) is 16.0. The summed E-state index contributed by atoms with van der Waals surface area (Å²) in [6.07, 6.45) is 14.0. The van der Waals surface area contributed by atoms with E-state index in [9.17, 15) is 0 Å². The highest BCUT2D eigenvalue weighted by Crippen LogP contribution is 2.21. The van der Waals surface area contributed by atoms with Crippen molar-refractivity contribution in [2.45, 2.75) is 51.9 Å². The summed E-state index contributed by atoms with van der Waals surface area (Å²) >= 11 is 0. The maximum atomic E-state index is 6.53. The molecule has 0 heterocycles. The second-order valence-corrected chi connectivity index (χ2v) is 10.0. The summed E-state index contributed by atoms with van der Waals surface area (Å²) in [4.78, 5) is 6.96. The van der Waals surface area contributed by atoms with Gasteiger partial charge in [-0.2, -0.15) is 0 Å². The molecule has 3 nitrogen and oxygen atoms in total. The fourth-order valence-electron chi connectivity index (χ4n) is 4.45. The lowest BCUT2D eigenvalue weighted by Gasteiger charge is -2.19. The number of nitrogens with zero attached hydrogens (tertiary/aromatic N) is 2. The van der Waals surface area contributed by atoms with Crippen molar-refractivity contribution in [2.24, 2.45) is 10.7 Å². The van der Waals surface area contributed by atoms with Crippen LogP contribution in [-0.4, -0.2) is 17.7 Å². The van der Waals surface area contributed by atoms with Crippen molar-refractivity contribution in [1.29, 1.82) is 0 Å². The molecular formula is C36H43N3. The van der Waals surface area contributed by atoms with Crippen molar-refractivity contribution in [3.8, 4) is 0 Å². The minimum atomic E-state index is 0.632. The lowest BCUT2D eigenvalue weighted by molar-refractivity contribution is 0.582. The highest BCUT2D eigenvalue weighted by Gasteiger charge is 2.08. The Balaban J connectivity index is 1.72. The molecule has 0 aliphatic rings. The van der Waals surface area contributed by atoms with Crippen LogP contribution in [0, 0.1) is 0 Å². The van der Waals surface area contributed by atoms with Crippen LogP contribution in [0.2, 0.25) is 0 Å². The molecule has 3 aromatic rings. The fraction of sp³-hybridized carbons (Fsp3) is 0.250. The van der Waals surface area contributed by atoms with Gasteiger partial charge in [0.05, 0.1) is 17.1 Å². The molecule has 0 amide bonds. The monoisotopic (exact) mass is 517 g/mol. The predicted octanol–water partition coefficient (Wildman–Crippen LogP) is 8.81. The Hall–Kier alpha value is -4.11. The Morgan fingerprint density at radius 1 is 0.872 bits per heavy atom. The van der Waals surface area contributed by atoms with Crippen LogP contribution in [0.25, 0.3) is 11.8 Å². The molecule has 0 fully saturated rings. The maximum Gasteiger partial charge on any atom is 0.0863 e. The molecule has 0 bridgehead atoms. The molecule has 0 unspecified atom stereocenters. The van der Waals surface area contributed by atoms with E-state index >= 15 is 0 Å². The molecule has 0 aromatic heterocycles. The van der Waals surface area contributed by atoms with Crippen molar-refractivity contribution < 1.29 is 0 Å². The molecule has 3 rings (SSSR count). The highest BCUT2D eigenvalue weighted by molar-refractivity contribution is 5.89. The first-order chi connectivity index (χ1) is 19.0. The van der Waals surface area contributed by atoms with Gasteiger partial charge in [0.2, 0.25) is 0 Å². The predicted molar refractivity (Wildman–Crippen MR) is 170 cm³/mol. The molecule has 0 saturated carbocycles. The lowest BCUT2D eigenvalue weighted by atomic mass is 10.0. The molecule has 3 heteroatoms. The summed E-state index contributed by atoms with van der Waals surface area (Å²) in [7, 11) is 1.97. The van der Waals surface area contributed by atoms with Gasteiger partial charge in [-0.3, -0.25) is 4.99 Å². The Morgan fingerprint density at radius 2 is 1.54 bits per heavy atom. The molecule has 0 aliphatic heterocycles. The summed E-state index contributed by atoms with van der Waals surface area (Å²) in [5.74, 6) is 0. The molecule has 39 heavy (non-hydrogen) atoms. The number of hydrogen-bond donors (Lipinski definition) is 1. The zero-order valence-electron chi connectivity index (χ0n) is 23.7. The average molecular weight is 518 g/mol. The van der Waals surface area contributed by atoms with E-state index in [0.717, 1.165) is 47.5 Å². The standard InChI is InChI=1S/C36H43N3/c1-5-6-7-8-9-12-20-32-21-17-22-33(26-32)27-35(37)30(3)39(4)28-36(34-23-15-11-16-24-34)38-29(2)25-31-18-13-10-14-19-31/h5,10-11,13-19,21-24,26-28H,1,3,6-9,12,20,25,37H2,2,4H3/b35-27-,36-28-,38-29+. The maximum absolute atomic E-state index is 6.53. The molecule has 0 radical (unpaired) electrons. The molecule has 0 atom stereocenters. The third kappa shape index (κ3) is 10.3. The third-order valence-corrected chi connectivity index (χ3v) is 6.66. The summed E-state index contributed by atoms with van der Waals surface area (Å²) in [6.45, 7) is 10.2. The number of unbranched alkanes of at least 4 members (excludes halogenated alkanes) is 4. The Bertz CT molecular complexity index is 1280. The first-order valence-electron chi connectivity index (χ1n) is 13.9. The summed E-state index contributed by atoms with van der Waals surface area (Å²) in [6, 6.07) is 29.3. The Morgan fingerprint density at radius 3 is 2.26 bits per heavy atom. The number of allylic oxidation sites excluding steroid dienone is 1. The SMILES string of the molecule is C=CCCCCCCc1cccc(/C=C(\N)C(=C)N(C)/C=C(\N=C(/C)Cc2ccccc2)c2ccccc2)c1. The van der Waals surface area contributed by atoms with Gasteiger partial charge in [-0.25, -0.2) is 0 Å². The van der Waals surface area contributed by atoms with Gasteiger partial charge in [0.1, 0.15) is 0 Å². The average Bonchev–Trinajstić information content (AvgIpc) is 2.95. The van der Waals surface area contributed by atoms with Crippen LogP contribution in [-0.2, 0) is 12.8 Å². The molecule has 202 valence electrons. The van der Waals surface area contributed by atoms with Crippen LogP contribution in [0.4, 0.5) is 0 Å². The van der Waals surface area contributed by atoms with Gasteiger partial charge in [-0.1, -0.05) is 110 Å². The van der Waals surface area contributed by atoms with Gasteiger partial charge in [0.15, 0.2) is 0 Å². The highest BCUT2D eigenvalue weighted by atomic mass is 15.1. The summed E-state index contributed by atoms with van der Waals surface area (Å²) in [5, 5.41) is 0.